The topological polar surface area (TPSA) is 84.3 Å². The fourth-order valence-corrected chi connectivity index (χ4v) is 3.26. The van der Waals surface area contributed by atoms with Gasteiger partial charge in [-0.2, -0.15) is 5.10 Å². The van der Waals surface area contributed by atoms with Crippen molar-refractivity contribution in [2.45, 2.75) is 46.2 Å². The summed E-state index contributed by atoms with van der Waals surface area (Å²) in [6.07, 6.45) is 0.618. The standard InChI is InChI=1S/C20H24N4O3/c1-14-17(15(2)24(22-14)13-16-6-4-3-5-7-16)12-21-18(25)10-11-23-19(26)8-9-20(23)27/h3-7H,8-13H2,1-2H3,(H,21,25). The van der Waals surface area contributed by atoms with Crippen LogP contribution in [0.5, 0.6) is 0 Å². The maximum absolute atomic E-state index is 12.1. The zero-order chi connectivity index (χ0) is 19.4. The minimum absolute atomic E-state index is 0.119. The largest absolute Gasteiger partial charge is 0.352 e. The van der Waals surface area contributed by atoms with Gasteiger partial charge in [-0.15, -0.1) is 0 Å². The van der Waals surface area contributed by atoms with E-state index in [1.54, 1.807) is 0 Å². The molecule has 3 amide bonds. The van der Waals surface area contributed by atoms with E-state index in [0.717, 1.165) is 17.0 Å². The van der Waals surface area contributed by atoms with Crippen molar-refractivity contribution in [1.82, 2.24) is 20.0 Å². The van der Waals surface area contributed by atoms with Crippen LogP contribution in [-0.2, 0) is 27.5 Å². The molecule has 27 heavy (non-hydrogen) atoms. The maximum atomic E-state index is 12.1. The Morgan fingerprint density at radius 3 is 2.44 bits per heavy atom. The molecule has 2 aromatic rings. The molecule has 1 aliphatic heterocycles. The van der Waals surface area contributed by atoms with Crippen molar-refractivity contribution < 1.29 is 14.4 Å². The van der Waals surface area contributed by atoms with Crippen molar-refractivity contribution in [1.29, 1.82) is 0 Å². The molecule has 1 aromatic heterocycles. The summed E-state index contributed by atoms with van der Waals surface area (Å²) in [7, 11) is 0. The van der Waals surface area contributed by atoms with Gasteiger partial charge >= 0.3 is 0 Å². The number of aromatic nitrogens is 2. The Kier molecular flexibility index (Phi) is 5.69. The van der Waals surface area contributed by atoms with Gasteiger partial charge in [-0.05, 0) is 19.4 Å². The van der Waals surface area contributed by atoms with Crippen LogP contribution in [0.3, 0.4) is 0 Å². The number of amides is 3. The third kappa shape index (κ3) is 4.42. The summed E-state index contributed by atoms with van der Waals surface area (Å²) in [6.45, 7) is 5.13. The van der Waals surface area contributed by atoms with Gasteiger partial charge in [0.2, 0.25) is 17.7 Å². The van der Waals surface area contributed by atoms with Crippen molar-refractivity contribution in [3.63, 3.8) is 0 Å². The normalized spacial score (nSPS) is 14.1. The van der Waals surface area contributed by atoms with Gasteiger partial charge in [0.15, 0.2) is 0 Å². The van der Waals surface area contributed by atoms with Crippen LogP contribution in [-0.4, -0.2) is 38.9 Å². The summed E-state index contributed by atoms with van der Waals surface area (Å²) in [4.78, 5) is 36.5. The molecule has 2 heterocycles. The highest BCUT2D eigenvalue weighted by Gasteiger charge is 2.28. The number of imide groups is 1. The molecule has 0 radical (unpaired) electrons. The molecule has 7 heteroatoms. The Hall–Kier alpha value is -2.96. The number of hydrogen-bond acceptors (Lipinski definition) is 4. The van der Waals surface area contributed by atoms with Crippen molar-refractivity contribution >= 4 is 17.7 Å². The highest BCUT2D eigenvalue weighted by Crippen LogP contribution is 2.15. The summed E-state index contributed by atoms with van der Waals surface area (Å²) in [5.74, 6) is -0.569. The predicted octanol–water partition coefficient (Wildman–Crippen LogP) is 1.70. The van der Waals surface area contributed by atoms with Crippen LogP contribution < -0.4 is 5.32 Å². The summed E-state index contributed by atoms with van der Waals surface area (Å²) in [5.41, 5.74) is 4.06. The van der Waals surface area contributed by atoms with E-state index < -0.39 is 0 Å². The Bertz CT molecular complexity index is 842. The van der Waals surface area contributed by atoms with E-state index in [1.165, 1.54) is 10.5 Å². The van der Waals surface area contributed by atoms with Gasteiger partial charge in [0.25, 0.3) is 0 Å². The number of nitrogens with one attached hydrogen (secondary N) is 1. The second kappa shape index (κ2) is 8.16. The Morgan fingerprint density at radius 2 is 1.78 bits per heavy atom. The molecule has 0 bridgehead atoms. The zero-order valence-electron chi connectivity index (χ0n) is 15.7. The van der Waals surface area contributed by atoms with Crippen molar-refractivity contribution in [3.8, 4) is 0 Å². The monoisotopic (exact) mass is 368 g/mol. The number of nitrogens with zero attached hydrogens (tertiary/aromatic N) is 3. The van der Waals surface area contributed by atoms with E-state index >= 15 is 0 Å². The lowest BCUT2D eigenvalue weighted by Gasteiger charge is -2.13. The van der Waals surface area contributed by atoms with Crippen LogP contribution in [0.15, 0.2) is 30.3 Å². The first-order valence-electron chi connectivity index (χ1n) is 9.12. The van der Waals surface area contributed by atoms with Gasteiger partial charge in [0.1, 0.15) is 0 Å². The molecule has 7 nitrogen and oxygen atoms in total. The first-order valence-corrected chi connectivity index (χ1v) is 9.12. The molecular weight excluding hydrogens is 344 g/mol. The molecule has 1 fully saturated rings. The fourth-order valence-electron chi connectivity index (χ4n) is 3.26. The Balaban J connectivity index is 1.55. The minimum Gasteiger partial charge on any atom is -0.352 e. The minimum atomic E-state index is -0.193. The second-order valence-corrected chi connectivity index (χ2v) is 6.76. The van der Waals surface area contributed by atoms with Gasteiger partial charge in [-0.3, -0.25) is 24.0 Å². The van der Waals surface area contributed by atoms with Gasteiger partial charge in [-0.25, -0.2) is 0 Å². The van der Waals surface area contributed by atoms with E-state index in [4.69, 9.17) is 0 Å². The third-order valence-electron chi connectivity index (χ3n) is 4.89. The maximum Gasteiger partial charge on any atom is 0.229 e. The lowest BCUT2D eigenvalue weighted by atomic mass is 10.2. The lowest BCUT2D eigenvalue weighted by Crippen LogP contribution is -2.34. The zero-order valence-corrected chi connectivity index (χ0v) is 15.7. The highest BCUT2D eigenvalue weighted by atomic mass is 16.2. The average Bonchev–Trinajstić information content (AvgIpc) is 3.11. The molecule has 1 saturated heterocycles. The first-order chi connectivity index (χ1) is 13.0. The van der Waals surface area contributed by atoms with Crippen LogP contribution in [0.4, 0.5) is 0 Å². The number of likely N-dealkylation sites (tertiary alicyclic amines) is 1. The molecule has 0 spiro atoms. The molecule has 1 aromatic carbocycles. The first kappa shape index (κ1) is 18.8. The number of carbonyl (C=O) groups is 3. The molecule has 0 atom stereocenters. The van der Waals surface area contributed by atoms with Gasteiger partial charge in [-0.1, -0.05) is 30.3 Å². The number of aryl methyl sites for hydroxylation is 1. The molecule has 0 aliphatic carbocycles. The van der Waals surface area contributed by atoms with Crippen molar-refractivity contribution in [2.24, 2.45) is 0 Å². The van der Waals surface area contributed by atoms with Gasteiger partial charge in [0, 0.05) is 43.6 Å². The number of hydrogen-bond donors (Lipinski definition) is 1. The number of benzene rings is 1. The van der Waals surface area contributed by atoms with E-state index in [0.29, 0.717) is 13.1 Å². The quantitative estimate of drug-likeness (QED) is 0.754. The lowest BCUT2D eigenvalue weighted by molar-refractivity contribution is -0.138. The van der Waals surface area contributed by atoms with E-state index in [-0.39, 0.29) is 43.5 Å². The Labute approximate surface area is 158 Å². The van der Waals surface area contributed by atoms with Crippen LogP contribution >= 0.6 is 0 Å². The smallest absolute Gasteiger partial charge is 0.229 e. The van der Waals surface area contributed by atoms with Crippen LogP contribution in [0.2, 0.25) is 0 Å². The molecule has 0 saturated carbocycles. The average molecular weight is 368 g/mol. The Morgan fingerprint density at radius 1 is 1.11 bits per heavy atom. The molecule has 0 unspecified atom stereocenters. The van der Waals surface area contributed by atoms with Gasteiger partial charge < -0.3 is 5.32 Å². The molecule has 1 N–H and O–H groups in total. The summed E-state index contributed by atoms with van der Waals surface area (Å²) >= 11 is 0. The van der Waals surface area contributed by atoms with Gasteiger partial charge in [0.05, 0.1) is 12.2 Å². The van der Waals surface area contributed by atoms with Crippen LogP contribution in [0.25, 0.3) is 0 Å². The molecule has 3 rings (SSSR count). The fraction of sp³-hybridized carbons (Fsp3) is 0.400. The second-order valence-electron chi connectivity index (χ2n) is 6.76. The van der Waals surface area contributed by atoms with Crippen molar-refractivity contribution in [2.75, 3.05) is 6.54 Å². The predicted molar refractivity (Wildman–Crippen MR) is 99.7 cm³/mol. The molecule has 1 aliphatic rings. The molecule has 142 valence electrons. The third-order valence-corrected chi connectivity index (χ3v) is 4.89. The number of rotatable bonds is 7. The SMILES string of the molecule is Cc1nn(Cc2ccccc2)c(C)c1CNC(=O)CCN1C(=O)CCC1=O. The number of carbonyl (C=O) groups excluding carboxylic acids is 3. The van der Waals surface area contributed by atoms with E-state index in [2.05, 4.69) is 22.5 Å². The summed E-state index contributed by atoms with van der Waals surface area (Å²) < 4.78 is 1.94. The summed E-state index contributed by atoms with van der Waals surface area (Å²) in [5, 5.41) is 7.45. The van der Waals surface area contributed by atoms with Crippen molar-refractivity contribution in [3.05, 3.63) is 52.8 Å². The van der Waals surface area contributed by atoms with E-state index in [1.807, 2.05) is 36.7 Å². The van der Waals surface area contributed by atoms with E-state index in [9.17, 15) is 14.4 Å². The van der Waals surface area contributed by atoms with Crippen LogP contribution in [0, 0.1) is 13.8 Å². The summed E-state index contributed by atoms with van der Waals surface area (Å²) in [6, 6.07) is 10.1. The molecular formula is C20H24N4O3. The van der Waals surface area contributed by atoms with Crippen LogP contribution in [0.1, 0.15) is 41.8 Å². The highest BCUT2D eigenvalue weighted by molar-refractivity contribution is 6.02.